The zero-order valence-electron chi connectivity index (χ0n) is 14.4. The van der Waals surface area contributed by atoms with E-state index in [0.717, 1.165) is 12.1 Å². The molecule has 2 aliphatic rings. The topological polar surface area (TPSA) is 53.0 Å². The first-order valence-electron chi connectivity index (χ1n) is 8.56. The number of methoxy groups -OCH3 is 1. The molecule has 5 nitrogen and oxygen atoms in total. The van der Waals surface area contributed by atoms with Gasteiger partial charge in [0.1, 0.15) is 12.4 Å². The van der Waals surface area contributed by atoms with Gasteiger partial charge in [0.25, 0.3) is 0 Å². The summed E-state index contributed by atoms with van der Waals surface area (Å²) in [6.07, 6.45) is 1.26. The van der Waals surface area contributed by atoms with Gasteiger partial charge in [-0.1, -0.05) is 17.7 Å². The van der Waals surface area contributed by atoms with Gasteiger partial charge in [-0.2, -0.15) is 0 Å². The predicted octanol–water partition coefficient (Wildman–Crippen LogP) is 1.91. The predicted molar refractivity (Wildman–Crippen MR) is 92.8 cm³/mol. The molecule has 2 saturated heterocycles. The molecular formula is C18H24ClFN2O3. The van der Waals surface area contributed by atoms with Gasteiger partial charge >= 0.3 is 0 Å². The SMILES string of the molecule is COCC(=O)N1CC[C@@]2(O)CCN(Cc3ccc(Cl)c(F)c3)C[C@H]2C1. The minimum Gasteiger partial charge on any atom is -0.389 e. The van der Waals surface area contributed by atoms with E-state index >= 15 is 0 Å². The number of carbonyl (C=O) groups is 1. The lowest BCUT2D eigenvalue weighted by atomic mass is 9.75. The van der Waals surface area contributed by atoms with Crippen molar-refractivity contribution in [1.82, 2.24) is 9.80 Å². The van der Waals surface area contributed by atoms with Gasteiger partial charge in [0.05, 0.1) is 10.6 Å². The number of likely N-dealkylation sites (tertiary alicyclic amines) is 2. The van der Waals surface area contributed by atoms with Crippen LogP contribution < -0.4 is 0 Å². The van der Waals surface area contributed by atoms with Crippen molar-refractivity contribution >= 4 is 17.5 Å². The number of benzene rings is 1. The van der Waals surface area contributed by atoms with Crippen molar-refractivity contribution in [2.75, 3.05) is 39.9 Å². The second-order valence-corrected chi connectivity index (χ2v) is 7.46. The molecule has 2 aliphatic heterocycles. The number of aliphatic hydroxyl groups is 1. The monoisotopic (exact) mass is 370 g/mol. The number of piperidine rings is 2. The third-order valence-corrected chi connectivity index (χ3v) is 5.67. The lowest BCUT2D eigenvalue weighted by molar-refractivity contribution is -0.150. The number of hydrogen-bond acceptors (Lipinski definition) is 4. The van der Waals surface area contributed by atoms with E-state index in [1.165, 1.54) is 13.2 Å². The van der Waals surface area contributed by atoms with Crippen molar-refractivity contribution in [3.63, 3.8) is 0 Å². The highest BCUT2D eigenvalue weighted by Crippen LogP contribution is 2.36. The summed E-state index contributed by atoms with van der Waals surface area (Å²) in [6, 6.07) is 4.85. The number of nitrogens with zero attached hydrogens (tertiary/aromatic N) is 2. The molecule has 25 heavy (non-hydrogen) atoms. The molecule has 0 spiro atoms. The molecule has 2 heterocycles. The van der Waals surface area contributed by atoms with Crippen LogP contribution in [0.1, 0.15) is 18.4 Å². The first kappa shape index (κ1) is 18.6. The van der Waals surface area contributed by atoms with Gasteiger partial charge in [-0.05, 0) is 30.5 Å². The van der Waals surface area contributed by atoms with Gasteiger partial charge in [-0.15, -0.1) is 0 Å². The Morgan fingerprint density at radius 3 is 2.88 bits per heavy atom. The Balaban J connectivity index is 1.64. The lowest BCUT2D eigenvalue weighted by Crippen LogP contribution is -2.60. The number of amides is 1. The van der Waals surface area contributed by atoms with Crippen LogP contribution >= 0.6 is 11.6 Å². The van der Waals surface area contributed by atoms with Crippen molar-refractivity contribution in [2.45, 2.75) is 25.0 Å². The maximum Gasteiger partial charge on any atom is 0.248 e. The molecule has 1 N–H and O–H groups in total. The number of rotatable bonds is 4. The largest absolute Gasteiger partial charge is 0.389 e. The van der Waals surface area contributed by atoms with Gasteiger partial charge in [-0.25, -0.2) is 4.39 Å². The molecule has 138 valence electrons. The summed E-state index contributed by atoms with van der Waals surface area (Å²) in [5, 5.41) is 11.0. The normalized spacial score (nSPS) is 27.2. The molecule has 1 aromatic rings. The first-order chi connectivity index (χ1) is 11.9. The van der Waals surface area contributed by atoms with E-state index in [2.05, 4.69) is 4.90 Å². The second kappa shape index (κ2) is 7.58. The maximum absolute atomic E-state index is 13.6. The highest BCUT2D eigenvalue weighted by Gasteiger charge is 2.45. The zero-order valence-corrected chi connectivity index (χ0v) is 15.1. The highest BCUT2D eigenvalue weighted by molar-refractivity contribution is 6.30. The molecule has 2 atom stereocenters. The molecule has 0 bridgehead atoms. The Morgan fingerprint density at radius 1 is 1.40 bits per heavy atom. The highest BCUT2D eigenvalue weighted by atomic mass is 35.5. The van der Waals surface area contributed by atoms with Crippen LogP contribution in [0.5, 0.6) is 0 Å². The van der Waals surface area contributed by atoms with Gasteiger partial charge < -0.3 is 14.7 Å². The molecular weight excluding hydrogens is 347 g/mol. The van der Waals surface area contributed by atoms with Gasteiger partial charge in [0.2, 0.25) is 5.91 Å². The van der Waals surface area contributed by atoms with Crippen LogP contribution in [0.25, 0.3) is 0 Å². The summed E-state index contributed by atoms with van der Waals surface area (Å²) in [5.74, 6) is -0.462. The van der Waals surface area contributed by atoms with E-state index < -0.39 is 11.4 Å². The first-order valence-corrected chi connectivity index (χ1v) is 8.94. The standard InChI is InChI=1S/C18H24ClFN2O3/c1-25-12-17(23)22-7-5-18(24)4-6-21(10-14(18)11-22)9-13-2-3-15(19)16(20)8-13/h2-3,8,14,24H,4-7,9-12H2,1H3/t14-,18-/m0/s1. The van der Waals surface area contributed by atoms with Crippen molar-refractivity contribution in [2.24, 2.45) is 5.92 Å². The van der Waals surface area contributed by atoms with E-state index in [1.807, 2.05) is 6.07 Å². The number of ether oxygens (including phenoxy) is 1. The number of halogens is 2. The Morgan fingerprint density at radius 2 is 2.16 bits per heavy atom. The Labute approximate surface area is 152 Å². The third kappa shape index (κ3) is 4.14. The van der Waals surface area contributed by atoms with Crippen LogP contribution in [0.3, 0.4) is 0 Å². The summed E-state index contributed by atoms with van der Waals surface area (Å²) in [6.45, 7) is 3.20. The van der Waals surface area contributed by atoms with Crippen LogP contribution in [0, 0.1) is 11.7 Å². The summed E-state index contributed by atoms with van der Waals surface area (Å²) >= 11 is 5.73. The van der Waals surface area contributed by atoms with E-state index in [1.54, 1.807) is 11.0 Å². The Hall–Kier alpha value is -1.21. The van der Waals surface area contributed by atoms with Crippen LogP contribution in [0.15, 0.2) is 18.2 Å². The van der Waals surface area contributed by atoms with E-state index in [9.17, 15) is 14.3 Å². The van der Waals surface area contributed by atoms with Gasteiger partial charge in [0.15, 0.2) is 0 Å². The zero-order chi connectivity index (χ0) is 18.0. The van der Waals surface area contributed by atoms with E-state index in [0.29, 0.717) is 39.0 Å². The lowest BCUT2D eigenvalue weighted by Gasteiger charge is -2.50. The quantitative estimate of drug-likeness (QED) is 0.879. The fourth-order valence-electron chi connectivity index (χ4n) is 3.85. The molecule has 7 heteroatoms. The second-order valence-electron chi connectivity index (χ2n) is 7.06. The molecule has 0 aromatic heterocycles. The van der Waals surface area contributed by atoms with Crippen molar-refractivity contribution < 1.29 is 19.0 Å². The molecule has 2 fully saturated rings. The summed E-state index contributed by atoms with van der Waals surface area (Å²) in [7, 11) is 1.51. The fraction of sp³-hybridized carbons (Fsp3) is 0.611. The summed E-state index contributed by atoms with van der Waals surface area (Å²) < 4.78 is 18.6. The number of carbonyl (C=O) groups excluding carboxylic acids is 1. The molecule has 3 rings (SSSR count). The van der Waals surface area contributed by atoms with E-state index in [-0.39, 0.29) is 23.5 Å². The molecule has 0 aliphatic carbocycles. The smallest absolute Gasteiger partial charge is 0.248 e. The third-order valence-electron chi connectivity index (χ3n) is 5.37. The summed E-state index contributed by atoms with van der Waals surface area (Å²) in [4.78, 5) is 16.0. The number of hydrogen-bond donors (Lipinski definition) is 1. The van der Waals surface area contributed by atoms with Gasteiger partial charge in [0, 0.05) is 45.8 Å². The van der Waals surface area contributed by atoms with Crippen LogP contribution in [-0.2, 0) is 16.1 Å². The number of fused-ring (bicyclic) bond motifs is 1. The fourth-order valence-corrected chi connectivity index (χ4v) is 3.97. The van der Waals surface area contributed by atoms with E-state index in [4.69, 9.17) is 16.3 Å². The summed E-state index contributed by atoms with van der Waals surface area (Å²) in [5.41, 5.74) is 0.140. The minimum atomic E-state index is -0.717. The van der Waals surface area contributed by atoms with Crippen LogP contribution in [0.2, 0.25) is 5.02 Å². The molecule has 0 unspecified atom stereocenters. The van der Waals surface area contributed by atoms with Crippen molar-refractivity contribution in [1.29, 1.82) is 0 Å². The molecule has 0 radical (unpaired) electrons. The molecule has 1 amide bonds. The minimum absolute atomic E-state index is 0.00652. The molecule has 1 aromatic carbocycles. The molecule has 0 saturated carbocycles. The van der Waals surface area contributed by atoms with Crippen molar-refractivity contribution in [3.8, 4) is 0 Å². The maximum atomic E-state index is 13.6. The average Bonchev–Trinajstić information content (AvgIpc) is 2.58. The van der Waals surface area contributed by atoms with Crippen LogP contribution in [0.4, 0.5) is 4.39 Å². The average molecular weight is 371 g/mol. The van der Waals surface area contributed by atoms with Crippen LogP contribution in [-0.4, -0.2) is 66.3 Å². The Kier molecular flexibility index (Phi) is 5.63. The van der Waals surface area contributed by atoms with Gasteiger partial charge in [-0.3, -0.25) is 9.69 Å². The van der Waals surface area contributed by atoms with Crippen molar-refractivity contribution in [3.05, 3.63) is 34.6 Å². The Bertz CT molecular complexity index is 645.